The van der Waals surface area contributed by atoms with Gasteiger partial charge in [-0.15, -0.1) is 0 Å². The zero-order valence-electron chi connectivity index (χ0n) is 11.2. The third-order valence-corrected chi connectivity index (χ3v) is 4.43. The van der Waals surface area contributed by atoms with Crippen molar-refractivity contribution in [3.8, 4) is 0 Å². The molecule has 3 nitrogen and oxygen atoms in total. The molecule has 0 bridgehead atoms. The molecule has 1 saturated carbocycles. The quantitative estimate of drug-likeness (QED) is 0.790. The molecule has 98 valence electrons. The summed E-state index contributed by atoms with van der Waals surface area (Å²) < 4.78 is 0. The molecule has 1 heterocycles. The van der Waals surface area contributed by atoms with Crippen LogP contribution in [0.3, 0.4) is 0 Å². The number of rotatable bonds is 3. The number of carbonyl (C=O) groups excluding carboxylic acids is 1. The zero-order chi connectivity index (χ0) is 12.3. The third kappa shape index (κ3) is 3.44. The Morgan fingerprint density at radius 3 is 2.59 bits per heavy atom. The van der Waals surface area contributed by atoms with E-state index in [1.54, 1.807) is 0 Å². The summed E-state index contributed by atoms with van der Waals surface area (Å²) in [6.07, 6.45) is 7.28. The molecule has 1 aliphatic heterocycles. The number of carbonyl (C=O) groups is 1. The molecular weight excluding hydrogens is 212 g/mol. The van der Waals surface area contributed by atoms with E-state index in [-0.39, 0.29) is 11.8 Å². The molecule has 1 amide bonds. The monoisotopic (exact) mass is 238 g/mol. The molecule has 0 aromatic rings. The van der Waals surface area contributed by atoms with Gasteiger partial charge in [-0.3, -0.25) is 4.79 Å². The Balaban J connectivity index is 1.72. The molecule has 1 aliphatic carbocycles. The van der Waals surface area contributed by atoms with E-state index in [0.717, 1.165) is 13.0 Å². The smallest absolute Gasteiger partial charge is 0.223 e. The van der Waals surface area contributed by atoms with Crippen molar-refractivity contribution in [1.29, 1.82) is 0 Å². The summed E-state index contributed by atoms with van der Waals surface area (Å²) in [5.74, 6) is 1.14. The fourth-order valence-corrected chi connectivity index (χ4v) is 3.29. The average Bonchev–Trinajstić information content (AvgIpc) is 2.72. The van der Waals surface area contributed by atoms with E-state index >= 15 is 0 Å². The van der Waals surface area contributed by atoms with Crippen LogP contribution in [0.5, 0.6) is 0 Å². The van der Waals surface area contributed by atoms with E-state index < -0.39 is 0 Å². The van der Waals surface area contributed by atoms with Gasteiger partial charge in [0, 0.05) is 24.5 Å². The molecule has 2 rings (SSSR count). The molecule has 4 unspecified atom stereocenters. The lowest BCUT2D eigenvalue weighted by molar-refractivity contribution is -0.126. The van der Waals surface area contributed by atoms with Crippen molar-refractivity contribution in [2.75, 3.05) is 6.54 Å². The van der Waals surface area contributed by atoms with Crippen molar-refractivity contribution in [2.24, 2.45) is 11.8 Å². The highest BCUT2D eigenvalue weighted by Crippen LogP contribution is 2.31. The number of hydrogen-bond donors (Lipinski definition) is 2. The summed E-state index contributed by atoms with van der Waals surface area (Å²) in [5.41, 5.74) is 0. The first-order chi connectivity index (χ1) is 8.16. The maximum absolute atomic E-state index is 12.0. The maximum Gasteiger partial charge on any atom is 0.223 e. The lowest BCUT2D eigenvalue weighted by atomic mass is 9.96. The van der Waals surface area contributed by atoms with Gasteiger partial charge < -0.3 is 10.6 Å². The SMILES string of the molecule is CC1CCCC(CNC(=O)C2CCCC2C)N1. The van der Waals surface area contributed by atoms with Gasteiger partial charge in [-0.05, 0) is 38.5 Å². The van der Waals surface area contributed by atoms with Crippen LogP contribution in [0.2, 0.25) is 0 Å². The highest BCUT2D eigenvalue weighted by Gasteiger charge is 2.30. The first-order valence-corrected chi connectivity index (χ1v) is 7.20. The molecule has 0 aromatic heterocycles. The summed E-state index contributed by atoms with van der Waals surface area (Å²) in [6.45, 7) is 5.25. The third-order valence-electron chi connectivity index (χ3n) is 4.43. The zero-order valence-corrected chi connectivity index (χ0v) is 11.2. The minimum atomic E-state index is 0.274. The van der Waals surface area contributed by atoms with Crippen LogP contribution in [0.4, 0.5) is 0 Å². The topological polar surface area (TPSA) is 41.1 Å². The predicted octanol–water partition coefficient (Wildman–Crippen LogP) is 2.07. The van der Waals surface area contributed by atoms with Crippen LogP contribution in [0.1, 0.15) is 52.4 Å². The normalized spacial score (nSPS) is 38.0. The Bertz CT molecular complexity index is 267. The molecular formula is C14H26N2O. The van der Waals surface area contributed by atoms with Crippen LogP contribution < -0.4 is 10.6 Å². The summed E-state index contributed by atoms with van der Waals surface area (Å²) in [6, 6.07) is 1.09. The van der Waals surface area contributed by atoms with E-state index in [2.05, 4.69) is 24.5 Å². The average molecular weight is 238 g/mol. The second-order valence-electron chi connectivity index (χ2n) is 5.96. The van der Waals surface area contributed by atoms with Crippen molar-refractivity contribution in [2.45, 2.75) is 64.5 Å². The van der Waals surface area contributed by atoms with Crippen LogP contribution in [0.15, 0.2) is 0 Å². The molecule has 3 heteroatoms. The summed E-state index contributed by atoms with van der Waals surface area (Å²) >= 11 is 0. The largest absolute Gasteiger partial charge is 0.354 e. The van der Waals surface area contributed by atoms with E-state index in [0.29, 0.717) is 18.0 Å². The van der Waals surface area contributed by atoms with Gasteiger partial charge >= 0.3 is 0 Å². The van der Waals surface area contributed by atoms with Crippen LogP contribution in [0, 0.1) is 11.8 Å². The van der Waals surface area contributed by atoms with E-state index in [1.165, 1.54) is 32.1 Å². The summed E-state index contributed by atoms with van der Waals surface area (Å²) in [7, 11) is 0. The molecule has 0 aromatic carbocycles. The van der Waals surface area contributed by atoms with Gasteiger partial charge in [0.15, 0.2) is 0 Å². The molecule has 2 aliphatic rings. The number of nitrogens with one attached hydrogen (secondary N) is 2. The van der Waals surface area contributed by atoms with E-state index in [9.17, 15) is 4.79 Å². The summed E-state index contributed by atoms with van der Waals surface area (Å²) in [5, 5.41) is 6.70. The number of hydrogen-bond acceptors (Lipinski definition) is 2. The first kappa shape index (κ1) is 12.9. The maximum atomic E-state index is 12.0. The Morgan fingerprint density at radius 1 is 1.18 bits per heavy atom. The number of piperidine rings is 1. The van der Waals surface area contributed by atoms with Crippen LogP contribution in [0.25, 0.3) is 0 Å². The van der Waals surface area contributed by atoms with Gasteiger partial charge in [-0.2, -0.15) is 0 Å². The molecule has 2 fully saturated rings. The fraction of sp³-hybridized carbons (Fsp3) is 0.929. The minimum Gasteiger partial charge on any atom is -0.354 e. The lowest BCUT2D eigenvalue weighted by Gasteiger charge is -2.29. The van der Waals surface area contributed by atoms with Gasteiger partial charge in [0.2, 0.25) is 5.91 Å². The Labute approximate surface area is 105 Å². The number of amides is 1. The summed E-state index contributed by atoms with van der Waals surface area (Å²) in [4.78, 5) is 12.0. The Hall–Kier alpha value is -0.570. The molecule has 2 N–H and O–H groups in total. The predicted molar refractivity (Wildman–Crippen MR) is 69.8 cm³/mol. The van der Waals surface area contributed by atoms with Crippen LogP contribution in [-0.4, -0.2) is 24.5 Å². The lowest BCUT2D eigenvalue weighted by Crippen LogP contribution is -2.48. The van der Waals surface area contributed by atoms with E-state index in [4.69, 9.17) is 0 Å². The molecule has 17 heavy (non-hydrogen) atoms. The highest BCUT2D eigenvalue weighted by atomic mass is 16.1. The molecule has 1 saturated heterocycles. The van der Waals surface area contributed by atoms with Gasteiger partial charge in [-0.1, -0.05) is 19.8 Å². The van der Waals surface area contributed by atoms with Gasteiger partial charge in [0.05, 0.1) is 0 Å². The Morgan fingerprint density at radius 2 is 1.94 bits per heavy atom. The van der Waals surface area contributed by atoms with Gasteiger partial charge in [0.25, 0.3) is 0 Å². The molecule has 0 radical (unpaired) electrons. The van der Waals surface area contributed by atoms with Gasteiger partial charge in [0.1, 0.15) is 0 Å². The molecule has 4 atom stereocenters. The van der Waals surface area contributed by atoms with E-state index in [1.807, 2.05) is 0 Å². The molecule has 0 spiro atoms. The first-order valence-electron chi connectivity index (χ1n) is 7.20. The van der Waals surface area contributed by atoms with Crippen molar-refractivity contribution in [3.05, 3.63) is 0 Å². The van der Waals surface area contributed by atoms with Crippen molar-refractivity contribution in [1.82, 2.24) is 10.6 Å². The fourth-order valence-electron chi connectivity index (χ4n) is 3.29. The Kier molecular flexibility index (Phi) is 4.43. The van der Waals surface area contributed by atoms with Crippen molar-refractivity contribution in [3.63, 3.8) is 0 Å². The van der Waals surface area contributed by atoms with Gasteiger partial charge in [-0.25, -0.2) is 0 Å². The minimum absolute atomic E-state index is 0.274. The standard InChI is InChI=1S/C14H26N2O/c1-10-5-3-8-13(10)14(17)15-9-12-7-4-6-11(2)16-12/h10-13,16H,3-9H2,1-2H3,(H,15,17). The van der Waals surface area contributed by atoms with Crippen molar-refractivity contribution >= 4 is 5.91 Å². The van der Waals surface area contributed by atoms with Crippen LogP contribution in [-0.2, 0) is 4.79 Å². The van der Waals surface area contributed by atoms with Crippen LogP contribution >= 0.6 is 0 Å². The van der Waals surface area contributed by atoms with Crippen molar-refractivity contribution < 1.29 is 4.79 Å². The second kappa shape index (κ2) is 5.85. The highest BCUT2D eigenvalue weighted by molar-refractivity contribution is 5.79. The second-order valence-corrected chi connectivity index (χ2v) is 5.96.